The van der Waals surface area contributed by atoms with E-state index in [0.717, 1.165) is 5.56 Å². The topological polar surface area (TPSA) is 99.2 Å². The number of aromatic nitrogens is 2. The van der Waals surface area contributed by atoms with Crippen LogP contribution in [0.4, 0.5) is 5.82 Å². The Balaban J connectivity index is 1.61. The number of rotatable bonds is 7. The van der Waals surface area contributed by atoms with Crippen LogP contribution in [0.1, 0.15) is 33.2 Å². The van der Waals surface area contributed by atoms with Crippen LogP contribution in [-0.2, 0) is 11.2 Å². The maximum Gasteiger partial charge on any atom is 0.343 e. The molecule has 0 aliphatic rings. The van der Waals surface area contributed by atoms with E-state index < -0.39 is 5.97 Å². The fourth-order valence-corrected chi connectivity index (χ4v) is 2.88. The molecule has 1 aromatic heterocycles. The molecule has 0 spiro atoms. The van der Waals surface area contributed by atoms with Gasteiger partial charge in [0.15, 0.2) is 0 Å². The monoisotopic (exact) mass is 412 g/mol. The molecule has 3 N–H and O–H groups in total. The standard InChI is InChI=1S/C21H21ClN4O3/c1-2-29-21(28)18-13-25-26(19(18)23)17-9-5-15(6-10-17)20(27)24-12-11-14-3-7-16(22)8-4-14/h3-10,13H,2,11-12,23H2,1H3,(H,24,27). The van der Waals surface area contributed by atoms with Crippen LogP contribution in [0.3, 0.4) is 0 Å². The predicted octanol–water partition coefficient (Wildman–Crippen LogP) is 3.26. The number of carbonyl (C=O) groups excluding carboxylic acids is 2. The minimum atomic E-state index is -0.520. The number of esters is 1. The third-order valence-electron chi connectivity index (χ3n) is 4.29. The summed E-state index contributed by atoms with van der Waals surface area (Å²) in [6.07, 6.45) is 2.08. The molecule has 3 rings (SSSR count). The Labute approximate surface area is 173 Å². The van der Waals surface area contributed by atoms with Crippen LogP contribution in [0, 0.1) is 0 Å². The predicted molar refractivity (Wildman–Crippen MR) is 111 cm³/mol. The molecule has 0 unspecified atom stereocenters. The van der Waals surface area contributed by atoms with Crippen molar-refractivity contribution in [2.75, 3.05) is 18.9 Å². The fourth-order valence-electron chi connectivity index (χ4n) is 2.76. The third kappa shape index (κ3) is 4.94. The van der Waals surface area contributed by atoms with Gasteiger partial charge in [-0.1, -0.05) is 23.7 Å². The van der Waals surface area contributed by atoms with Crippen LogP contribution in [0.25, 0.3) is 5.69 Å². The van der Waals surface area contributed by atoms with Crippen LogP contribution in [0.2, 0.25) is 5.02 Å². The van der Waals surface area contributed by atoms with Crippen molar-refractivity contribution in [1.29, 1.82) is 0 Å². The maximum atomic E-state index is 12.3. The Hall–Kier alpha value is -3.32. The summed E-state index contributed by atoms with van der Waals surface area (Å²) in [6, 6.07) is 14.3. The first-order valence-corrected chi connectivity index (χ1v) is 9.51. The maximum absolute atomic E-state index is 12.3. The molecular weight excluding hydrogens is 392 g/mol. The van der Waals surface area contributed by atoms with Crippen molar-refractivity contribution in [3.05, 3.63) is 76.4 Å². The van der Waals surface area contributed by atoms with Gasteiger partial charge in [0.2, 0.25) is 0 Å². The molecule has 3 aromatic rings. The number of nitrogens with one attached hydrogen (secondary N) is 1. The van der Waals surface area contributed by atoms with Crippen LogP contribution in [0.15, 0.2) is 54.7 Å². The van der Waals surface area contributed by atoms with Crippen molar-refractivity contribution in [3.63, 3.8) is 0 Å². The summed E-state index contributed by atoms with van der Waals surface area (Å²) in [5.41, 5.74) is 8.46. The molecular formula is C21H21ClN4O3. The number of carbonyl (C=O) groups is 2. The average molecular weight is 413 g/mol. The van der Waals surface area contributed by atoms with Gasteiger partial charge in [-0.2, -0.15) is 5.10 Å². The van der Waals surface area contributed by atoms with Gasteiger partial charge in [0.1, 0.15) is 11.4 Å². The Morgan fingerprint density at radius 1 is 1.14 bits per heavy atom. The van der Waals surface area contributed by atoms with E-state index in [1.54, 1.807) is 31.2 Å². The zero-order valence-corrected chi connectivity index (χ0v) is 16.6. The van der Waals surface area contributed by atoms with Crippen molar-refractivity contribution in [2.45, 2.75) is 13.3 Å². The number of hydrogen-bond donors (Lipinski definition) is 2. The summed E-state index contributed by atoms with van der Waals surface area (Å²) in [5.74, 6) is -0.511. The van der Waals surface area contributed by atoms with Crippen molar-refractivity contribution in [1.82, 2.24) is 15.1 Å². The van der Waals surface area contributed by atoms with Crippen LogP contribution < -0.4 is 11.1 Å². The summed E-state index contributed by atoms with van der Waals surface area (Å²) < 4.78 is 6.38. The van der Waals surface area contributed by atoms with Crippen LogP contribution in [0.5, 0.6) is 0 Å². The molecule has 7 nitrogen and oxygen atoms in total. The van der Waals surface area contributed by atoms with Gasteiger partial charge in [0, 0.05) is 17.1 Å². The summed E-state index contributed by atoms with van der Waals surface area (Å²) in [6.45, 7) is 2.49. The zero-order valence-electron chi connectivity index (χ0n) is 15.9. The lowest BCUT2D eigenvalue weighted by Gasteiger charge is -2.08. The second kappa shape index (κ2) is 9.25. The minimum Gasteiger partial charge on any atom is -0.462 e. The van der Waals surface area contributed by atoms with E-state index in [2.05, 4.69) is 10.4 Å². The van der Waals surface area contributed by atoms with Crippen LogP contribution >= 0.6 is 11.6 Å². The highest BCUT2D eigenvalue weighted by atomic mass is 35.5. The lowest BCUT2D eigenvalue weighted by Crippen LogP contribution is -2.25. The molecule has 1 amide bonds. The third-order valence-corrected chi connectivity index (χ3v) is 4.54. The highest BCUT2D eigenvalue weighted by Gasteiger charge is 2.17. The molecule has 150 valence electrons. The molecule has 0 bridgehead atoms. The highest BCUT2D eigenvalue weighted by molar-refractivity contribution is 6.30. The molecule has 0 saturated carbocycles. The molecule has 1 heterocycles. The number of nitrogens with two attached hydrogens (primary N) is 1. The van der Waals surface area contributed by atoms with E-state index >= 15 is 0 Å². The molecule has 2 aromatic carbocycles. The Bertz CT molecular complexity index is 998. The molecule has 0 fully saturated rings. The molecule has 0 radical (unpaired) electrons. The first kappa shape index (κ1) is 20.4. The molecule has 0 atom stereocenters. The van der Waals surface area contributed by atoms with Crippen molar-refractivity contribution < 1.29 is 14.3 Å². The van der Waals surface area contributed by atoms with Gasteiger partial charge in [-0.15, -0.1) is 0 Å². The number of nitrogen functional groups attached to an aromatic ring is 1. The number of benzene rings is 2. The zero-order chi connectivity index (χ0) is 20.8. The largest absolute Gasteiger partial charge is 0.462 e. The van der Waals surface area contributed by atoms with Gasteiger partial charge in [0.05, 0.1) is 18.5 Å². The number of ether oxygens (including phenoxy) is 1. The average Bonchev–Trinajstić information content (AvgIpc) is 3.11. The van der Waals surface area contributed by atoms with Gasteiger partial charge in [-0.3, -0.25) is 4.79 Å². The van der Waals surface area contributed by atoms with Gasteiger partial charge in [-0.25, -0.2) is 9.48 Å². The van der Waals surface area contributed by atoms with Gasteiger partial charge >= 0.3 is 5.97 Å². The summed E-state index contributed by atoms with van der Waals surface area (Å²) in [4.78, 5) is 24.2. The summed E-state index contributed by atoms with van der Waals surface area (Å²) in [7, 11) is 0. The summed E-state index contributed by atoms with van der Waals surface area (Å²) in [5, 5.41) is 7.70. The fraction of sp³-hybridized carbons (Fsp3) is 0.190. The number of hydrogen-bond acceptors (Lipinski definition) is 5. The smallest absolute Gasteiger partial charge is 0.343 e. The second-order valence-corrected chi connectivity index (χ2v) is 6.69. The first-order chi connectivity index (χ1) is 14.0. The van der Waals surface area contributed by atoms with E-state index in [-0.39, 0.29) is 23.9 Å². The van der Waals surface area contributed by atoms with Crippen molar-refractivity contribution >= 4 is 29.3 Å². The highest BCUT2D eigenvalue weighted by Crippen LogP contribution is 2.18. The molecule has 8 heteroatoms. The lowest BCUT2D eigenvalue weighted by atomic mass is 10.1. The van der Waals surface area contributed by atoms with Gasteiger partial charge < -0.3 is 15.8 Å². The van der Waals surface area contributed by atoms with Crippen molar-refractivity contribution in [3.8, 4) is 5.69 Å². The minimum absolute atomic E-state index is 0.175. The second-order valence-electron chi connectivity index (χ2n) is 6.25. The molecule has 29 heavy (non-hydrogen) atoms. The number of halogens is 1. The quantitative estimate of drug-likeness (QED) is 0.580. The van der Waals surface area contributed by atoms with E-state index in [4.69, 9.17) is 22.1 Å². The number of anilines is 1. The SMILES string of the molecule is CCOC(=O)c1cnn(-c2ccc(C(=O)NCCc3ccc(Cl)cc3)cc2)c1N. The van der Waals surface area contributed by atoms with Crippen molar-refractivity contribution in [2.24, 2.45) is 0 Å². The van der Waals surface area contributed by atoms with Gasteiger partial charge in [-0.05, 0) is 55.3 Å². The van der Waals surface area contributed by atoms with E-state index in [1.165, 1.54) is 10.9 Å². The van der Waals surface area contributed by atoms with E-state index in [1.807, 2.05) is 24.3 Å². The first-order valence-electron chi connectivity index (χ1n) is 9.13. The Morgan fingerprint density at radius 3 is 2.48 bits per heavy atom. The van der Waals surface area contributed by atoms with E-state index in [9.17, 15) is 9.59 Å². The molecule has 0 saturated heterocycles. The molecule has 0 aliphatic carbocycles. The summed E-state index contributed by atoms with van der Waals surface area (Å²) >= 11 is 5.87. The van der Waals surface area contributed by atoms with E-state index in [0.29, 0.717) is 29.2 Å². The Morgan fingerprint density at radius 2 is 1.83 bits per heavy atom. The Kier molecular flexibility index (Phi) is 6.51. The molecule has 0 aliphatic heterocycles. The number of amides is 1. The van der Waals surface area contributed by atoms with Crippen LogP contribution in [-0.4, -0.2) is 34.8 Å². The normalized spacial score (nSPS) is 10.6. The lowest BCUT2D eigenvalue weighted by molar-refractivity contribution is 0.0527. The van der Waals surface area contributed by atoms with Gasteiger partial charge in [0.25, 0.3) is 5.91 Å². The number of nitrogens with zero attached hydrogens (tertiary/aromatic N) is 2.